The average molecular weight is 413 g/mol. The summed E-state index contributed by atoms with van der Waals surface area (Å²) in [6.45, 7) is 5.04. The van der Waals surface area contributed by atoms with Crippen LogP contribution in [0.2, 0.25) is 0 Å². The van der Waals surface area contributed by atoms with Gasteiger partial charge >= 0.3 is 0 Å². The van der Waals surface area contributed by atoms with E-state index in [2.05, 4.69) is 37.6 Å². The summed E-state index contributed by atoms with van der Waals surface area (Å²) >= 11 is 0. The summed E-state index contributed by atoms with van der Waals surface area (Å²) in [5, 5.41) is 6.33. The second-order valence-corrected chi connectivity index (χ2v) is 7.58. The van der Waals surface area contributed by atoms with Crippen molar-refractivity contribution in [3.05, 3.63) is 78.1 Å². The van der Waals surface area contributed by atoms with Crippen LogP contribution in [-0.4, -0.2) is 47.0 Å². The van der Waals surface area contributed by atoms with Gasteiger partial charge in [0, 0.05) is 50.7 Å². The second kappa shape index (κ2) is 8.67. The van der Waals surface area contributed by atoms with Crippen LogP contribution in [-0.2, 0) is 6.54 Å². The zero-order valence-electron chi connectivity index (χ0n) is 17.0. The maximum atomic E-state index is 12.6. The third-order valence-electron chi connectivity index (χ3n) is 5.42. The van der Waals surface area contributed by atoms with Crippen molar-refractivity contribution in [1.82, 2.24) is 20.2 Å². The zero-order chi connectivity index (χ0) is 21.0. The Labute approximate surface area is 180 Å². The van der Waals surface area contributed by atoms with Gasteiger partial charge in [-0.05, 0) is 42.0 Å². The van der Waals surface area contributed by atoms with Crippen molar-refractivity contribution in [1.29, 1.82) is 0 Å². The number of carbonyl (C=O) groups excluding carboxylic acids is 1. The number of hydrogen-bond acceptors (Lipinski definition) is 6. The van der Waals surface area contributed by atoms with Gasteiger partial charge in [0.2, 0.25) is 5.89 Å². The Balaban J connectivity index is 1.41. The van der Waals surface area contributed by atoms with Crippen LogP contribution in [0.3, 0.4) is 0 Å². The molecule has 0 saturated carbocycles. The third-order valence-corrected chi connectivity index (χ3v) is 5.42. The average Bonchev–Trinajstić information content (AvgIpc) is 3.24. The van der Waals surface area contributed by atoms with E-state index in [1.807, 2.05) is 30.3 Å². The summed E-state index contributed by atoms with van der Waals surface area (Å²) in [4.78, 5) is 23.7. The molecule has 0 spiro atoms. The van der Waals surface area contributed by atoms with Crippen LogP contribution < -0.4 is 10.6 Å². The Hall–Kier alpha value is -3.55. The van der Waals surface area contributed by atoms with Gasteiger partial charge in [0.15, 0.2) is 5.58 Å². The minimum Gasteiger partial charge on any atom is -0.436 e. The fourth-order valence-electron chi connectivity index (χ4n) is 3.79. The van der Waals surface area contributed by atoms with Crippen molar-refractivity contribution < 1.29 is 9.21 Å². The lowest BCUT2D eigenvalue weighted by Crippen LogP contribution is -2.42. The van der Waals surface area contributed by atoms with E-state index < -0.39 is 0 Å². The van der Waals surface area contributed by atoms with Crippen LogP contribution in [0, 0.1) is 0 Å². The number of pyridine rings is 1. The summed E-state index contributed by atoms with van der Waals surface area (Å²) in [7, 11) is 0. The number of fused-ring (bicyclic) bond motifs is 1. The molecule has 4 aromatic rings. The summed E-state index contributed by atoms with van der Waals surface area (Å²) in [5.41, 5.74) is 4.69. The van der Waals surface area contributed by atoms with E-state index in [9.17, 15) is 4.79 Å². The zero-order valence-corrected chi connectivity index (χ0v) is 17.0. The Morgan fingerprint density at radius 3 is 2.71 bits per heavy atom. The minimum atomic E-state index is -0.204. The summed E-state index contributed by atoms with van der Waals surface area (Å²) < 4.78 is 6.11. The summed E-state index contributed by atoms with van der Waals surface area (Å²) in [6, 6.07) is 17.0. The summed E-state index contributed by atoms with van der Waals surface area (Å²) in [6.07, 6.45) is 3.19. The monoisotopic (exact) mass is 413 g/mol. The van der Waals surface area contributed by atoms with Crippen LogP contribution in [0.4, 0.5) is 5.69 Å². The van der Waals surface area contributed by atoms with Crippen LogP contribution in [0.15, 0.2) is 71.4 Å². The Morgan fingerprint density at radius 2 is 1.87 bits per heavy atom. The Kier molecular flexibility index (Phi) is 5.43. The molecule has 1 saturated heterocycles. The fraction of sp³-hybridized carbons (Fsp3) is 0.208. The number of nitrogens with zero attached hydrogens (tertiary/aromatic N) is 3. The number of hydrogen-bond donors (Lipinski definition) is 2. The smallest absolute Gasteiger partial charge is 0.255 e. The molecule has 0 radical (unpaired) electrons. The molecule has 2 aromatic heterocycles. The third kappa shape index (κ3) is 4.33. The van der Waals surface area contributed by atoms with Gasteiger partial charge in [0.25, 0.3) is 5.91 Å². The van der Waals surface area contributed by atoms with Gasteiger partial charge < -0.3 is 15.1 Å². The second-order valence-electron chi connectivity index (χ2n) is 7.58. The predicted molar refractivity (Wildman–Crippen MR) is 120 cm³/mol. The molecule has 0 bridgehead atoms. The molecule has 0 unspecified atom stereocenters. The van der Waals surface area contributed by atoms with E-state index in [0.717, 1.165) is 49.4 Å². The van der Waals surface area contributed by atoms with Crippen LogP contribution in [0.1, 0.15) is 15.9 Å². The molecule has 7 heteroatoms. The molecule has 156 valence electrons. The molecule has 7 nitrogen and oxygen atoms in total. The van der Waals surface area contributed by atoms with E-state index >= 15 is 0 Å². The number of para-hydroxylation sites is 1. The molecular weight excluding hydrogens is 390 g/mol. The van der Waals surface area contributed by atoms with Gasteiger partial charge in [-0.1, -0.05) is 18.2 Å². The molecule has 2 N–H and O–H groups in total. The highest BCUT2D eigenvalue weighted by molar-refractivity contribution is 6.06. The number of aromatic nitrogens is 2. The van der Waals surface area contributed by atoms with Gasteiger partial charge in [-0.2, -0.15) is 0 Å². The van der Waals surface area contributed by atoms with Crippen molar-refractivity contribution in [2.45, 2.75) is 6.54 Å². The molecule has 3 heterocycles. The molecule has 31 heavy (non-hydrogen) atoms. The lowest BCUT2D eigenvalue weighted by molar-refractivity contribution is 0.102. The Bertz CT molecular complexity index is 1200. The molecule has 1 amide bonds. The Morgan fingerprint density at radius 1 is 1.06 bits per heavy atom. The van der Waals surface area contributed by atoms with Crippen molar-refractivity contribution in [2.24, 2.45) is 0 Å². The van der Waals surface area contributed by atoms with Crippen molar-refractivity contribution in [3.63, 3.8) is 0 Å². The lowest BCUT2D eigenvalue weighted by atomic mass is 10.1. The van der Waals surface area contributed by atoms with Gasteiger partial charge in [0.1, 0.15) is 5.52 Å². The van der Waals surface area contributed by atoms with Gasteiger partial charge in [-0.15, -0.1) is 0 Å². The highest BCUT2D eigenvalue weighted by Crippen LogP contribution is 2.31. The van der Waals surface area contributed by atoms with Gasteiger partial charge in [-0.25, -0.2) is 4.98 Å². The molecule has 1 aliphatic rings. The maximum absolute atomic E-state index is 12.6. The molecule has 1 aliphatic heterocycles. The number of rotatable bonds is 5. The van der Waals surface area contributed by atoms with E-state index in [1.165, 1.54) is 5.56 Å². The molecule has 0 aliphatic carbocycles. The number of anilines is 1. The normalized spacial score (nSPS) is 14.6. The van der Waals surface area contributed by atoms with Crippen molar-refractivity contribution in [3.8, 4) is 11.5 Å². The summed E-state index contributed by atoms with van der Waals surface area (Å²) in [5.74, 6) is 0.282. The highest BCUT2D eigenvalue weighted by Gasteiger charge is 2.16. The van der Waals surface area contributed by atoms with E-state index in [1.54, 1.807) is 24.5 Å². The SMILES string of the molecule is O=C(Nc1ccccc1-c1nc2ccc(CN3CCNCC3)cc2o1)c1ccncc1. The number of amides is 1. The first-order valence-electron chi connectivity index (χ1n) is 10.4. The van der Waals surface area contributed by atoms with Crippen LogP contribution >= 0.6 is 0 Å². The van der Waals surface area contributed by atoms with E-state index in [4.69, 9.17) is 4.42 Å². The fourth-order valence-corrected chi connectivity index (χ4v) is 3.79. The predicted octanol–water partition coefficient (Wildman–Crippen LogP) is 3.55. The minimum absolute atomic E-state index is 0.204. The quantitative estimate of drug-likeness (QED) is 0.521. The molecule has 2 aromatic carbocycles. The number of nitrogens with one attached hydrogen (secondary N) is 2. The molecular formula is C24H23N5O2. The van der Waals surface area contributed by atoms with E-state index in [-0.39, 0.29) is 5.91 Å². The molecule has 1 fully saturated rings. The lowest BCUT2D eigenvalue weighted by Gasteiger charge is -2.27. The van der Waals surface area contributed by atoms with Crippen molar-refractivity contribution in [2.75, 3.05) is 31.5 Å². The van der Waals surface area contributed by atoms with Gasteiger partial charge in [-0.3, -0.25) is 14.7 Å². The first-order chi connectivity index (χ1) is 15.3. The molecule has 5 rings (SSSR count). The van der Waals surface area contributed by atoms with Gasteiger partial charge in [0.05, 0.1) is 11.3 Å². The largest absolute Gasteiger partial charge is 0.436 e. The number of benzene rings is 2. The van der Waals surface area contributed by atoms with E-state index in [0.29, 0.717) is 17.1 Å². The van der Waals surface area contributed by atoms with Crippen LogP contribution in [0.25, 0.3) is 22.6 Å². The van der Waals surface area contributed by atoms with Crippen LogP contribution in [0.5, 0.6) is 0 Å². The number of piperazine rings is 1. The number of oxazole rings is 1. The number of carbonyl (C=O) groups is 1. The first kappa shape index (κ1) is 19.4. The standard InChI is InChI=1S/C24H23N5O2/c30-23(18-7-9-25-10-8-18)27-20-4-2-1-3-19(20)24-28-21-6-5-17(15-22(21)31-24)16-29-13-11-26-12-14-29/h1-10,15,26H,11-14,16H2,(H,27,30). The molecule has 0 atom stereocenters. The maximum Gasteiger partial charge on any atom is 0.255 e. The topological polar surface area (TPSA) is 83.3 Å². The first-order valence-corrected chi connectivity index (χ1v) is 10.4. The highest BCUT2D eigenvalue weighted by atomic mass is 16.3. The van der Waals surface area contributed by atoms with Crippen molar-refractivity contribution >= 4 is 22.7 Å².